The highest BCUT2D eigenvalue weighted by Gasteiger charge is 2.18. The van der Waals surface area contributed by atoms with Crippen molar-refractivity contribution in [3.8, 4) is 10.6 Å². The summed E-state index contributed by atoms with van der Waals surface area (Å²) in [5.41, 5.74) is 8.26. The van der Waals surface area contributed by atoms with Gasteiger partial charge in [0.15, 0.2) is 0 Å². The predicted octanol–water partition coefficient (Wildman–Crippen LogP) is 2.91. The summed E-state index contributed by atoms with van der Waals surface area (Å²) in [6, 6.07) is 0.400. The van der Waals surface area contributed by atoms with Crippen LogP contribution in [0, 0.1) is 13.8 Å². The first-order chi connectivity index (χ1) is 13.9. The molecule has 0 aliphatic carbocycles. The van der Waals surface area contributed by atoms with E-state index in [1.165, 1.54) is 11.3 Å². The van der Waals surface area contributed by atoms with Crippen LogP contribution in [0.2, 0.25) is 0 Å². The number of thiazole rings is 1. The van der Waals surface area contributed by atoms with E-state index in [0.717, 1.165) is 48.7 Å². The first-order valence-electron chi connectivity index (χ1n) is 9.46. The number of carbonyl (C=O) groups excluding carboxylic acids is 1. The number of aryl methyl sites for hydroxylation is 3. The van der Waals surface area contributed by atoms with E-state index in [1.54, 1.807) is 29.5 Å². The number of ether oxygens (including phenoxy) is 1. The molecule has 0 radical (unpaired) electrons. The van der Waals surface area contributed by atoms with Crippen LogP contribution in [0.3, 0.4) is 0 Å². The number of anilines is 1. The van der Waals surface area contributed by atoms with Crippen molar-refractivity contribution >= 4 is 22.9 Å². The second-order valence-corrected chi connectivity index (χ2v) is 7.76. The summed E-state index contributed by atoms with van der Waals surface area (Å²) >= 11 is 1.39. The molecule has 1 saturated heterocycles. The third-order valence-corrected chi connectivity index (χ3v) is 5.30. The first kappa shape index (κ1) is 21.2. The van der Waals surface area contributed by atoms with E-state index in [-0.39, 0.29) is 5.91 Å². The molecule has 0 bridgehead atoms. The zero-order valence-corrected chi connectivity index (χ0v) is 17.7. The number of rotatable bonds is 3. The molecular formula is C19H26N6O3S. The molecule has 156 valence electrons. The Morgan fingerprint density at radius 3 is 2.86 bits per heavy atom. The van der Waals surface area contributed by atoms with Gasteiger partial charge in [-0.05, 0) is 33.1 Å². The molecule has 1 unspecified atom stereocenters. The maximum Gasteiger partial charge on any atom is 0.275 e. The predicted molar refractivity (Wildman–Crippen MR) is 111 cm³/mol. The summed E-state index contributed by atoms with van der Waals surface area (Å²) in [5.74, 6) is 0.429. The lowest BCUT2D eigenvalue weighted by molar-refractivity contribution is 0.102. The molecule has 9 nitrogen and oxygen atoms in total. The molecule has 3 aromatic rings. The van der Waals surface area contributed by atoms with Crippen molar-refractivity contribution in [1.29, 1.82) is 0 Å². The second kappa shape index (κ2) is 9.77. The standard InChI is InChI=1S/C13H13N5O2S.C6H13NO/c1-7-11(8(2)20-17-7)13-16-10(6-21-13)12(19)15-9-4-14-18(3)5-9;7-6-2-1-4-8-5-3-6/h4-6H,1-3H3,(H,15,19);6H,1-5,7H2. The van der Waals surface area contributed by atoms with E-state index < -0.39 is 0 Å². The molecule has 0 spiro atoms. The van der Waals surface area contributed by atoms with Crippen molar-refractivity contribution in [3.63, 3.8) is 0 Å². The quantitative estimate of drug-likeness (QED) is 0.671. The van der Waals surface area contributed by atoms with Crippen LogP contribution < -0.4 is 11.1 Å². The highest BCUT2D eigenvalue weighted by atomic mass is 32.1. The molecular weight excluding hydrogens is 392 g/mol. The van der Waals surface area contributed by atoms with Crippen molar-refractivity contribution < 1.29 is 14.1 Å². The Labute approximate surface area is 173 Å². The molecule has 0 saturated carbocycles. The maximum absolute atomic E-state index is 12.1. The van der Waals surface area contributed by atoms with Gasteiger partial charge in [-0.3, -0.25) is 9.48 Å². The van der Waals surface area contributed by atoms with Gasteiger partial charge in [0.25, 0.3) is 5.91 Å². The lowest BCUT2D eigenvalue weighted by Crippen LogP contribution is -2.19. The third kappa shape index (κ3) is 5.72. The van der Waals surface area contributed by atoms with Gasteiger partial charge in [0.1, 0.15) is 16.5 Å². The van der Waals surface area contributed by atoms with E-state index in [9.17, 15) is 4.79 Å². The van der Waals surface area contributed by atoms with Crippen molar-refractivity contribution in [2.24, 2.45) is 12.8 Å². The van der Waals surface area contributed by atoms with Gasteiger partial charge in [-0.25, -0.2) is 4.98 Å². The number of carbonyl (C=O) groups is 1. The molecule has 10 heteroatoms. The summed E-state index contributed by atoms with van der Waals surface area (Å²) in [7, 11) is 1.79. The summed E-state index contributed by atoms with van der Waals surface area (Å²) < 4.78 is 11.9. The fraction of sp³-hybridized carbons (Fsp3) is 0.474. The molecule has 4 rings (SSSR count). The zero-order valence-electron chi connectivity index (χ0n) is 16.8. The molecule has 1 fully saturated rings. The van der Waals surface area contributed by atoms with Crippen LogP contribution in [0.1, 0.15) is 41.2 Å². The van der Waals surface area contributed by atoms with Crippen LogP contribution in [-0.2, 0) is 11.8 Å². The zero-order chi connectivity index (χ0) is 20.8. The Morgan fingerprint density at radius 2 is 2.17 bits per heavy atom. The van der Waals surface area contributed by atoms with Gasteiger partial charge in [-0.2, -0.15) is 5.10 Å². The van der Waals surface area contributed by atoms with Gasteiger partial charge in [0, 0.05) is 37.9 Å². The smallest absolute Gasteiger partial charge is 0.275 e. The molecule has 0 aromatic carbocycles. The number of hydrogen-bond acceptors (Lipinski definition) is 8. The Hall–Kier alpha value is -2.56. The van der Waals surface area contributed by atoms with E-state index in [4.69, 9.17) is 15.0 Å². The van der Waals surface area contributed by atoms with Crippen LogP contribution >= 0.6 is 11.3 Å². The fourth-order valence-corrected chi connectivity index (χ4v) is 3.83. The average Bonchev–Trinajstić information content (AvgIpc) is 3.35. The third-order valence-electron chi connectivity index (χ3n) is 4.44. The van der Waals surface area contributed by atoms with Gasteiger partial charge in [-0.1, -0.05) is 5.16 Å². The average molecular weight is 419 g/mol. The Bertz CT molecular complexity index is 920. The van der Waals surface area contributed by atoms with Gasteiger partial charge >= 0.3 is 0 Å². The van der Waals surface area contributed by atoms with E-state index in [0.29, 0.717) is 23.2 Å². The molecule has 3 N–H and O–H groups in total. The van der Waals surface area contributed by atoms with E-state index in [2.05, 4.69) is 20.6 Å². The molecule has 3 aromatic heterocycles. The maximum atomic E-state index is 12.1. The van der Waals surface area contributed by atoms with Gasteiger partial charge < -0.3 is 20.3 Å². The highest BCUT2D eigenvalue weighted by molar-refractivity contribution is 7.13. The van der Waals surface area contributed by atoms with Crippen LogP contribution in [0.15, 0.2) is 22.3 Å². The minimum Gasteiger partial charge on any atom is -0.381 e. The number of nitrogens with zero attached hydrogens (tertiary/aromatic N) is 4. The van der Waals surface area contributed by atoms with Crippen LogP contribution in [0.5, 0.6) is 0 Å². The highest BCUT2D eigenvalue weighted by Crippen LogP contribution is 2.29. The Morgan fingerprint density at radius 1 is 1.34 bits per heavy atom. The lowest BCUT2D eigenvalue weighted by Gasteiger charge is -2.02. The summed E-state index contributed by atoms with van der Waals surface area (Å²) in [6.45, 7) is 5.45. The number of amides is 1. The van der Waals surface area contributed by atoms with E-state index >= 15 is 0 Å². The van der Waals surface area contributed by atoms with Gasteiger partial charge in [0.2, 0.25) is 0 Å². The van der Waals surface area contributed by atoms with E-state index in [1.807, 2.05) is 13.8 Å². The SMILES string of the molecule is Cc1noc(C)c1-c1nc(C(=O)Nc2cnn(C)c2)cs1.NC1CCCOCC1. The van der Waals surface area contributed by atoms with Gasteiger partial charge in [0.05, 0.1) is 23.1 Å². The molecule has 29 heavy (non-hydrogen) atoms. The lowest BCUT2D eigenvalue weighted by atomic mass is 10.1. The molecule has 1 aliphatic heterocycles. The second-order valence-electron chi connectivity index (χ2n) is 6.90. The van der Waals surface area contributed by atoms with Crippen LogP contribution in [0.4, 0.5) is 5.69 Å². The van der Waals surface area contributed by atoms with Gasteiger partial charge in [-0.15, -0.1) is 11.3 Å². The van der Waals surface area contributed by atoms with Crippen LogP contribution in [0.25, 0.3) is 10.6 Å². The number of nitrogens with one attached hydrogen (secondary N) is 1. The normalized spacial score (nSPS) is 16.6. The monoisotopic (exact) mass is 418 g/mol. The topological polar surface area (TPSA) is 121 Å². The Balaban J connectivity index is 0.000000252. The summed E-state index contributed by atoms with van der Waals surface area (Å²) in [4.78, 5) is 16.5. The number of aromatic nitrogens is 4. The first-order valence-corrected chi connectivity index (χ1v) is 10.3. The number of nitrogens with two attached hydrogens (primary N) is 1. The van der Waals surface area contributed by atoms with Crippen molar-refractivity contribution in [3.05, 3.63) is 34.9 Å². The minimum absolute atomic E-state index is 0.266. The summed E-state index contributed by atoms with van der Waals surface area (Å²) in [6.07, 6.45) is 6.63. The fourth-order valence-electron chi connectivity index (χ4n) is 2.89. The largest absolute Gasteiger partial charge is 0.381 e. The molecule has 4 heterocycles. The molecule has 1 amide bonds. The molecule has 1 atom stereocenters. The van der Waals surface area contributed by atoms with Crippen molar-refractivity contribution in [2.75, 3.05) is 18.5 Å². The Kier molecular flexibility index (Phi) is 7.13. The summed E-state index contributed by atoms with van der Waals surface area (Å²) in [5, 5.41) is 13.1. The van der Waals surface area contributed by atoms with Crippen LogP contribution in [-0.4, -0.2) is 45.1 Å². The van der Waals surface area contributed by atoms with Crippen molar-refractivity contribution in [1.82, 2.24) is 19.9 Å². The van der Waals surface area contributed by atoms with Crippen molar-refractivity contribution in [2.45, 2.75) is 39.2 Å². The number of hydrogen-bond donors (Lipinski definition) is 2. The minimum atomic E-state index is -0.266. The molecule has 1 aliphatic rings.